The third-order valence-electron chi connectivity index (χ3n) is 5.88. The van der Waals surface area contributed by atoms with Crippen LogP contribution >= 0.6 is 12.4 Å². The molecule has 3 heterocycles. The van der Waals surface area contributed by atoms with E-state index in [2.05, 4.69) is 10.4 Å². The molecular formula is C20H26ClFN4O. The predicted octanol–water partition coefficient (Wildman–Crippen LogP) is 3.27. The third kappa shape index (κ3) is 3.73. The van der Waals surface area contributed by atoms with Gasteiger partial charge in [-0.25, -0.2) is 9.07 Å². The second-order valence-corrected chi connectivity index (χ2v) is 7.72. The molecular weight excluding hydrogens is 367 g/mol. The molecule has 27 heavy (non-hydrogen) atoms. The Balaban J connectivity index is 0.00000210. The number of likely N-dealkylation sites (tertiary alicyclic amines) is 1. The van der Waals surface area contributed by atoms with Crippen molar-refractivity contribution in [3.05, 3.63) is 47.0 Å². The number of benzene rings is 1. The maximum atomic E-state index is 14.7. The van der Waals surface area contributed by atoms with E-state index >= 15 is 0 Å². The van der Waals surface area contributed by atoms with E-state index < -0.39 is 5.82 Å². The lowest BCUT2D eigenvalue weighted by atomic mass is 9.78. The number of carbonyl (C=O) groups excluding carboxylic acids is 1. The number of nitrogens with one attached hydrogen (secondary N) is 1. The van der Waals surface area contributed by atoms with Gasteiger partial charge in [-0.3, -0.25) is 4.79 Å². The Bertz CT molecular complexity index is 835. The molecule has 2 aliphatic heterocycles. The average molecular weight is 393 g/mol. The second kappa shape index (κ2) is 7.60. The van der Waals surface area contributed by atoms with Crippen LogP contribution in [0.3, 0.4) is 0 Å². The number of rotatable bonds is 2. The monoisotopic (exact) mass is 392 g/mol. The lowest BCUT2D eigenvalue weighted by molar-refractivity contribution is 0.0607. The molecule has 146 valence electrons. The molecule has 0 radical (unpaired) electrons. The molecule has 4 rings (SSSR count). The SMILES string of the molecule is Cc1cc(C)n(-c2ccc(C(=O)N3CCC4(CCNC4)CC3)cc2F)n1.Cl. The zero-order valence-corrected chi connectivity index (χ0v) is 16.6. The van der Waals surface area contributed by atoms with Crippen molar-refractivity contribution in [2.75, 3.05) is 26.2 Å². The molecule has 2 saturated heterocycles. The van der Waals surface area contributed by atoms with Crippen molar-refractivity contribution in [1.29, 1.82) is 0 Å². The second-order valence-electron chi connectivity index (χ2n) is 7.72. The van der Waals surface area contributed by atoms with Crippen LogP contribution in [0.4, 0.5) is 4.39 Å². The fourth-order valence-corrected chi connectivity index (χ4v) is 4.27. The predicted molar refractivity (Wildman–Crippen MR) is 105 cm³/mol. The van der Waals surface area contributed by atoms with Crippen LogP contribution in [-0.4, -0.2) is 46.8 Å². The van der Waals surface area contributed by atoms with Crippen molar-refractivity contribution in [3.8, 4) is 5.69 Å². The minimum absolute atomic E-state index is 0. The van der Waals surface area contributed by atoms with Crippen molar-refractivity contribution in [2.45, 2.75) is 33.1 Å². The maximum absolute atomic E-state index is 14.7. The number of halogens is 2. The highest BCUT2D eigenvalue weighted by atomic mass is 35.5. The average Bonchev–Trinajstić information content (AvgIpc) is 3.21. The molecule has 1 aromatic carbocycles. The van der Waals surface area contributed by atoms with Gasteiger partial charge >= 0.3 is 0 Å². The van der Waals surface area contributed by atoms with Crippen LogP contribution in [-0.2, 0) is 0 Å². The number of nitrogens with zero attached hydrogens (tertiary/aromatic N) is 3. The van der Waals surface area contributed by atoms with Gasteiger partial charge in [0.05, 0.1) is 5.69 Å². The molecule has 1 amide bonds. The molecule has 1 spiro atoms. The number of piperidine rings is 1. The highest BCUT2D eigenvalue weighted by Crippen LogP contribution is 2.37. The Kier molecular flexibility index (Phi) is 5.58. The molecule has 1 N–H and O–H groups in total. The normalized spacial score (nSPS) is 18.6. The van der Waals surface area contributed by atoms with Crippen LogP contribution < -0.4 is 5.32 Å². The summed E-state index contributed by atoms with van der Waals surface area (Å²) < 4.78 is 16.2. The molecule has 2 fully saturated rings. The first-order valence-electron chi connectivity index (χ1n) is 9.31. The third-order valence-corrected chi connectivity index (χ3v) is 5.88. The van der Waals surface area contributed by atoms with Gasteiger partial charge in [-0.2, -0.15) is 5.10 Å². The Morgan fingerprint density at radius 2 is 1.93 bits per heavy atom. The fourth-order valence-electron chi connectivity index (χ4n) is 4.27. The summed E-state index contributed by atoms with van der Waals surface area (Å²) >= 11 is 0. The van der Waals surface area contributed by atoms with Gasteiger partial charge in [-0.15, -0.1) is 12.4 Å². The fraction of sp³-hybridized carbons (Fsp3) is 0.500. The molecule has 1 aromatic heterocycles. The molecule has 2 aliphatic rings. The van der Waals surface area contributed by atoms with Gasteiger partial charge < -0.3 is 10.2 Å². The number of aromatic nitrogens is 2. The van der Waals surface area contributed by atoms with Gasteiger partial charge in [-0.1, -0.05) is 0 Å². The topological polar surface area (TPSA) is 50.2 Å². The van der Waals surface area contributed by atoms with Crippen LogP contribution in [0.2, 0.25) is 0 Å². The Morgan fingerprint density at radius 1 is 1.19 bits per heavy atom. The summed E-state index contributed by atoms with van der Waals surface area (Å²) in [6.07, 6.45) is 3.25. The number of hydrogen-bond donors (Lipinski definition) is 1. The van der Waals surface area contributed by atoms with Gasteiger partial charge in [0.2, 0.25) is 0 Å². The van der Waals surface area contributed by atoms with Crippen LogP contribution in [0.15, 0.2) is 24.3 Å². The number of carbonyl (C=O) groups is 1. The summed E-state index contributed by atoms with van der Waals surface area (Å²) in [5.41, 5.74) is 2.86. The number of amides is 1. The van der Waals surface area contributed by atoms with Crippen molar-refractivity contribution >= 4 is 18.3 Å². The number of aryl methyl sites for hydroxylation is 2. The molecule has 0 unspecified atom stereocenters. The van der Waals surface area contributed by atoms with Gasteiger partial charge in [0.25, 0.3) is 5.91 Å². The van der Waals surface area contributed by atoms with Crippen LogP contribution in [0.5, 0.6) is 0 Å². The van der Waals surface area contributed by atoms with Crippen LogP contribution in [0.1, 0.15) is 41.0 Å². The van der Waals surface area contributed by atoms with Crippen molar-refractivity contribution in [1.82, 2.24) is 20.0 Å². The molecule has 7 heteroatoms. The first kappa shape index (κ1) is 19.8. The van der Waals surface area contributed by atoms with Gasteiger partial charge in [0.15, 0.2) is 0 Å². The summed E-state index contributed by atoms with van der Waals surface area (Å²) in [4.78, 5) is 14.7. The van der Waals surface area contributed by atoms with Gasteiger partial charge in [0, 0.05) is 30.9 Å². The summed E-state index contributed by atoms with van der Waals surface area (Å²) in [6.45, 7) is 7.40. The van der Waals surface area contributed by atoms with Crippen molar-refractivity contribution < 1.29 is 9.18 Å². The van der Waals surface area contributed by atoms with Crippen LogP contribution in [0.25, 0.3) is 5.69 Å². The Labute approximate surface area is 165 Å². The summed E-state index contributed by atoms with van der Waals surface area (Å²) in [7, 11) is 0. The van der Waals surface area contributed by atoms with E-state index in [1.807, 2.05) is 24.8 Å². The molecule has 0 aliphatic carbocycles. The molecule has 5 nitrogen and oxygen atoms in total. The highest BCUT2D eigenvalue weighted by molar-refractivity contribution is 5.94. The van der Waals surface area contributed by atoms with E-state index in [-0.39, 0.29) is 18.3 Å². The van der Waals surface area contributed by atoms with Crippen LogP contribution in [0, 0.1) is 25.1 Å². The molecule has 0 atom stereocenters. The van der Waals surface area contributed by atoms with Gasteiger partial charge in [0.1, 0.15) is 11.5 Å². The Morgan fingerprint density at radius 3 is 2.48 bits per heavy atom. The quantitative estimate of drug-likeness (QED) is 0.853. The van der Waals surface area contributed by atoms with E-state index in [1.165, 1.54) is 12.5 Å². The molecule has 2 aromatic rings. The highest BCUT2D eigenvalue weighted by Gasteiger charge is 2.38. The van der Waals surface area contributed by atoms with E-state index in [4.69, 9.17) is 0 Å². The number of hydrogen-bond acceptors (Lipinski definition) is 3. The zero-order valence-electron chi connectivity index (χ0n) is 15.8. The zero-order chi connectivity index (χ0) is 18.3. The lowest BCUT2D eigenvalue weighted by Gasteiger charge is -2.38. The standard InChI is InChI=1S/C20H25FN4O.ClH/c1-14-11-15(2)25(23-14)18-4-3-16(12-17(18)21)19(26)24-9-6-20(7-10-24)5-8-22-13-20;/h3-4,11-12,22H,5-10,13H2,1-2H3;1H. The van der Waals surface area contributed by atoms with Crippen molar-refractivity contribution in [2.24, 2.45) is 5.41 Å². The largest absolute Gasteiger partial charge is 0.339 e. The summed E-state index contributed by atoms with van der Waals surface area (Å²) in [6, 6.07) is 6.60. The minimum atomic E-state index is -0.421. The summed E-state index contributed by atoms with van der Waals surface area (Å²) in [5.74, 6) is -0.500. The van der Waals surface area contributed by atoms with E-state index in [9.17, 15) is 9.18 Å². The Hall–Kier alpha value is -1.92. The first-order valence-corrected chi connectivity index (χ1v) is 9.31. The molecule has 0 bridgehead atoms. The maximum Gasteiger partial charge on any atom is 0.253 e. The smallest absolute Gasteiger partial charge is 0.253 e. The van der Waals surface area contributed by atoms with E-state index in [0.717, 1.165) is 50.4 Å². The minimum Gasteiger partial charge on any atom is -0.339 e. The lowest BCUT2D eigenvalue weighted by Crippen LogP contribution is -2.44. The molecule has 0 saturated carbocycles. The first-order chi connectivity index (χ1) is 12.5. The van der Waals surface area contributed by atoms with E-state index in [1.54, 1.807) is 16.8 Å². The van der Waals surface area contributed by atoms with Crippen molar-refractivity contribution in [3.63, 3.8) is 0 Å². The van der Waals surface area contributed by atoms with Gasteiger partial charge in [-0.05, 0) is 69.3 Å². The van der Waals surface area contributed by atoms with E-state index in [0.29, 0.717) is 16.7 Å². The summed E-state index contributed by atoms with van der Waals surface area (Å²) in [5, 5.41) is 7.75.